The Morgan fingerprint density at radius 1 is 1.17 bits per heavy atom. The van der Waals surface area contributed by atoms with E-state index >= 15 is 0 Å². The van der Waals surface area contributed by atoms with E-state index in [0.29, 0.717) is 23.0 Å². The van der Waals surface area contributed by atoms with E-state index in [4.69, 9.17) is 16.3 Å². The van der Waals surface area contributed by atoms with E-state index in [-0.39, 0.29) is 12.1 Å². The topological polar surface area (TPSA) is 56.8 Å². The average molecular weight is 417 g/mol. The van der Waals surface area contributed by atoms with Crippen molar-refractivity contribution in [3.05, 3.63) is 53.1 Å². The van der Waals surface area contributed by atoms with Gasteiger partial charge in [0.1, 0.15) is 5.75 Å². The maximum absolute atomic E-state index is 12.5. The van der Waals surface area contributed by atoms with Crippen molar-refractivity contribution in [2.75, 3.05) is 51.1 Å². The number of carbonyl (C=O) groups is 1. The zero-order chi connectivity index (χ0) is 20.8. The number of hydrogen-bond donors (Lipinski definition) is 2. The van der Waals surface area contributed by atoms with Crippen LogP contribution in [0, 0.1) is 0 Å². The predicted molar refractivity (Wildman–Crippen MR) is 119 cm³/mol. The predicted octanol–water partition coefficient (Wildman–Crippen LogP) is 4.37. The fourth-order valence-electron chi connectivity index (χ4n) is 3.64. The normalized spacial score (nSPS) is 15.0. The molecule has 1 fully saturated rings. The molecule has 1 heterocycles. The number of nitrogens with zero attached hydrogens (tertiary/aromatic N) is 2. The van der Waals surface area contributed by atoms with Gasteiger partial charge in [-0.3, -0.25) is 4.90 Å². The molecule has 0 radical (unpaired) electrons. The molecule has 0 bridgehead atoms. The van der Waals surface area contributed by atoms with Crippen molar-refractivity contribution in [2.45, 2.75) is 18.9 Å². The van der Waals surface area contributed by atoms with Crippen LogP contribution in [-0.4, -0.2) is 51.8 Å². The number of methoxy groups -OCH3 is 1. The van der Waals surface area contributed by atoms with Gasteiger partial charge in [-0.1, -0.05) is 23.7 Å². The first-order valence-electron chi connectivity index (χ1n) is 9.87. The molecule has 3 rings (SSSR count). The Bertz CT molecular complexity index is 820. The Balaban J connectivity index is 1.68. The molecule has 0 saturated carbocycles. The lowest BCUT2D eigenvalue weighted by Crippen LogP contribution is -2.38. The van der Waals surface area contributed by atoms with Gasteiger partial charge in [0.05, 0.1) is 18.8 Å². The molecule has 1 aliphatic heterocycles. The summed E-state index contributed by atoms with van der Waals surface area (Å²) in [6, 6.07) is 13.5. The van der Waals surface area contributed by atoms with Gasteiger partial charge in [0.25, 0.3) is 0 Å². The summed E-state index contributed by atoms with van der Waals surface area (Å²) in [6.07, 6.45) is 2.39. The molecule has 0 spiro atoms. The molecule has 1 saturated heterocycles. The van der Waals surface area contributed by atoms with E-state index < -0.39 is 0 Å². The zero-order valence-electron chi connectivity index (χ0n) is 17.2. The van der Waals surface area contributed by atoms with Crippen LogP contribution in [0.2, 0.25) is 5.02 Å². The van der Waals surface area contributed by atoms with Crippen LogP contribution >= 0.6 is 11.6 Å². The summed E-state index contributed by atoms with van der Waals surface area (Å²) in [5, 5.41) is 6.39. The molecule has 1 unspecified atom stereocenters. The number of likely N-dealkylation sites (tertiary alicyclic amines) is 1. The number of rotatable bonds is 7. The molecule has 29 heavy (non-hydrogen) atoms. The minimum atomic E-state index is -0.278. The highest BCUT2D eigenvalue weighted by molar-refractivity contribution is 6.31. The summed E-state index contributed by atoms with van der Waals surface area (Å²) in [4.78, 5) is 17.1. The molecule has 0 aliphatic carbocycles. The molecular formula is C22H29ClN4O2. The number of anilines is 2. The Hall–Kier alpha value is -2.44. The lowest BCUT2D eigenvalue weighted by atomic mass is 10.0. The third-order valence-corrected chi connectivity index (χ3v) is 5.48. The van der Waals surface area contributed by atoms with Crippen molar-refractivity contribution < 1.29 is 9.53 Å². The smallest absolute Gasteiger partial charge is 0.319 e. The van der Waals surface area contributed by atoms with Gasteiger partial charge < -0.3 is 20.3 Å². The van der Waals surface area contributed by atoms with Crippen molar-refractivity contribution in [3.63, 3.8) is 0 Å². The maximum Gasteiger partial charge on any atom is 0.319 e. The van der Waals surface area contributed by atoms with Crippen molar-refractivity contribution >= 4 is 29.0 Å². The van der Waals surface area contributed by atoms with Gasteiger partial charge in [-0.2, -0.15) is 0 Å². The first-order chi connectivity index (χ1) is 14.0. The van der Waals surface area contributed by atoms with Crippen LogP contribution in [0.15, 0.2) is 42.5 Å². The van der Waals surface area contributed by atoms with E-state index in [1.54, 1.807) is 25.3 Å². The summed E-state index contributed by atoms with van der Waals surface area (Å²) in [5.74, 6) is 0.569. The molecule has 2 amide bonds. The summed E-state index contributed by atoms with van der Waals surface area (Å²) in [7, 11) is 5.62. The van der Waals surface area contributed by atoms with Gasteiger partial charge in [0, 0.05) is 31.4 Å². The van der Waals surface area contributed by atoms with Gasteiger partial charge in [0.2, 0.25) is 0 Å². The largest absolute Gasteiger partial charge is 0.495 e. The summed E-state index contributed by atoms with van der Waals surface area (Å²) >= 11 is 6.05. The molecule has 1 aliphatic rings. The van der Waals surface area contributed by atoms with Crippen LogP contribution < -0.4 is 20.3 Å². The standard InChI is InChI=1S/C22H29ClN4O2/c1-26(2)18-9-6-16(7-10-18)20(27-12-4-5-13-27)15-24-22(28)25-19-14-17(23)8-11-21(19)29-3/h6-11,14,20H,4-5,12-13,15H2,1-3H3,(H2,24,25,28). The van der Waals surface area contributed by atoms with Gasteiger partial charge in [-0.15, -0.1) is 0 Å². The number of hydrogen-bond acceptors (Lipinski definition) is 4. The monoisotopic (exact) mass is 416 g/mol. The van der Waals surface area contributed by atoms with Gasteiger partial charge in [-0.05, 0) is 61.8 Å². The fourth-order valence-corrected chi connectivity index (χ4v) is 3.81. The average Bonchev–Trinajstić information content (AvgIpc) is 3.23. The van der Waals surface area contributed by atoms with Gasteiger partial charge >= 0.3 is 6.03 Å². The molecule has 0 aromatic heterocycles. The number of halogens is 1. The van der Waals surface area contributed by atoms with Crippen molar-refractivity contribution in [3.8, 4) is 5.75 Å². The van der Waals surface area contributed by atoms with Crippen LogP contribution in [-0.2, 0) is 0 Å². The van der Waals surface area contributed by atoms with Crippen LogP contribution in [0.4, 0.5) is 16.2 Å². The molecule has 7 heteroatoms. The maximum atomic E-state index is 12.5. The Labute approximate surface area is 177 Å². The Morgan fingerprint density at radius 3 is 2.48 bits per heavy atom. The second-order valence-corrected chi connectivity index (χ2v) is 7.86. The van der Waals surface area contributed by atoms with Crippen LogP contribution in [0.5, 0.6) is 5.75 Å². The first-order valence-corrected chi connectivity index (χ1v) is 10.3. The second kappa shape index (κ2) is 9.85. The summed E-state index contributed by atoms with van der Waals surface area (Å²) in [5.41, 5.74) is 2.91. The van der Waals surface area contributed by atoms with Crippen LogP contribution in [0.25, 0.3) is 0 Å². The van der Waals surface area contributed by atoms with E-state index in [1.807, 2.05) is 14.1 Å². The molecule has 1 atom stereocenters. The highest BCUT2D eigenvalue weighted by Crippen LogP contribution is 2.28. The number of amides is 2. The van der Waals surface area contributed by atoms with E-state index in [1.165, 1.54) is 18.4 Å². The second-order valence-electron chi connectivity index (χ2n) is 7.42. The van der Waals surface area contributed by atoms with Crippen molar-refractivity contribution in [2.24, 2.45) is 0 Å². The minimum absolute atomic E-state index is 0.140. The number of urea groups is 1. The third kappa shape index (κ3) is 5.55. The summed E-state index contributed by atoms with van der Waals surface area (Å²) < 4.78 is 5.29. The third-order valence-electron chi connectivity index (χ3n) is 5.24. The van der Waals surface area contributed by atoms with Gasteiger partial charge in [-0.25, -0.2) is 4.79 Å². The number of benzene rings is 2. The van der Waals surface area contributed by atoms with Crippen molar-refractivity contribution in [1.82, 2.24) is 10.2 Å². The quantitative estimate of drug-likeness (QED) is 0.703. The Kier molecular flexibility index (Phi) is 7.23. The Morgan fingerprint density at radius 2 is 1.86 bits per heavy atom. The molecule has 2 N–H and O–H groups in total. The van der Waals surface area contributed by atoms with E-state index in [2.05, 4.69) is 44.7 Å². The zero-order valence-corrected chi connectivity index (χ0v) is 18.0. The number of ether oxygens (including phenoxy) is 1. The van der Waals surface area contributed by atoms with E-state index in [9.17, 15) is 4.79 Å². The molecular weight excluding hydrogens is 388 g/mol. The number of nitrogens with one attached hydrogen (secondary N) is 2. The SMILES string of the molecule is COc1ccc(Cl)cc1NC(=O)NCC(c1ccc(N(C)C)cc1)N1CCCC1. The van der Waals surface area contributed by atoms with Gasteiger partial charge in [0.15, 0.2) is 0 Å². The molecule has 6 nitrogen and oxygen atoms in total. The highest BCUT2D eigenvalue weighted by Gasteiger charge is 2.24. The molecule has 2 aromatic rings. The molecule has 2 aromatic carbocycles. The molecule has 156 valence electrons. The van der Waals surface area contributed by atoms with Crippen LogP contribution in [0.3, 0.4) is 0 Å². The minimum Gasteiger partial charge on any atom is -0.495 e. The first kappa shape index (κ1) is 21.3. The van der Waals surface area contributed by atoms with Crippen LogP contribution in [0.1, 0.15) is 24.4 Å². The number of carbonyl (C=O) groups excluding carboxylic acids is 1. The summed E-state index contributed by atoms with van der Waals surface area (Å²) in [6.45, 7) is 2.62. The fraction of sp³-hybridized carbons (Fsp3) is 0.409. The highest BCUT2D eigenvalue weighted by atomic mass is 35.5. The van der Waals surface area contributed by atoms with E-state index in [0.717, 1.165) is 18.8 Å². The lowest BCUT2D eigenvalue weighted by Gasteiger charge is -2.28. The lowest BCUT2D eigenvalue weighted by molar-refractivity contribution is 0.227. The van der Waals surface area contributed by atoms with Crippen molar-refractivity contribution in [1.29, 1.82) is 0 Å².